The van der Waals surface area contributed by atoms with Crippen molar-refractivity contribution in [3.05, 3.63) is 65.2 Å². The summed E-state index contributed by atoms with van der Waals surface area (Å²) in [6.07, 6.45) is 1.48. The lowest BCUT2D eigenvalue weighted by molar-refractivity contribution is -0.140. The minimum atomic E-state index is -3.73. The molecule has 0 saturated heterocycles. The number of anilines is 1. The predicted octanol–water partition coefficient (Wildman–Crippen LogP) is 3.40. The van der Waals surface area contributed by atoms with Crippen LogP contribution in [0.1, 0.15) is 43.9 Å². The number of hydrogen-bond acceptors (Lipinski definition) is 4. The summed E-state index contributed by atoms with van der Waals surface area (Å²) in [6, 6.07) is 13.9. The summed E-state index contributed by atoms with van der Waals surface area (Å²) in [5.74, 6) is -0.692. The van der Waals surface area contributed by atoms with Crippen molar-refractivity contribution in [1.82, 2.24) is 10.2 Å². The van der Waals surface area contributed by atoms with E-state index in [0.717, 1.165) is 27.3 Å². The van der Waals surface area contributed by atoms with Gasteiger partial charge in [-0.2, -0.15) is 0 Å². The lowest BCUT2D eigenvalue weighted by Crippen LogP contribution is -2.53. The van der Waals surface area contributed by atoms with Gasteiger partial charge in [-0.25, -0.2) is 8.42 Å². The Labute approximate surface area is 197 Å². The maximum atomic E-state index is 13.6. The van der Waals surface area contributed by atoms with E-state index in [0.29, 0.717) is 12.1 Å². The zero-order valence-electron chi connectivity index (χ0n) is 20.3. The molecule has 7 nitrogen and oxygen atoms in total. The van der Waals surface area contributed by atoms with Crippen LogP contribution in [-0.2, 0) is 26.2 Å². The van der Waals surface area contributed by atoms with Crippen molar-refractivity contribution in [1.29, 1.82) is 0 Å². The zero-order chi connectivity index (χ0) is 24.8. The average molecular weight is 474 g/mol. The highest BCUT2D eigenvalue weighted by Gasteiger charge is 2.31. The Bertz CT molecular complexity index is 1070. The number of amides is 2. The third kappa shape index (κ3) is 7.60. The summed E-state index contributed by atoms with van der Waals surface area (Å²) in [7, 11) is -3.73. The second kappa shape index (κ2) is 11.3. The van der Waals surface area contributed by atoms with Crippen molar-refractivity contribution >= 4 is 27.5 Å². The number of benzene rings is 2. The third-order valence-electron chi connectivity index (χ3n) is 5.26. The number of rotatable bonds is 10. The van der Waals surface area contributed by atoms with Crippen LogP contribution in [0.2, 0.25) is 0 Å². The Morgan fingerprint density at radius 1 is 1.00 bits per heavy atom. The van der Waals surface area contributed by atoms with E-state index < -0.39 is 22.0 Å². The molecule has 0 fully saturated rings. The predicted molar refractivity (Wildman–Crippen MR) is 132 cm³/mol. The molecule has 0 aliphatic rings. The van der Waals surface area contributed by atoms with E-state index in [1.807, 2.05) is 65.0 Å². The molecular formula is C25H35N3O4S. The van der Waals surface area contributed by atoms with E-state index in [9.17, 15) is 18.0 Å². The second-order valence-electron chi connectivity index (χ2n) is 8.70. The van der Waals surface area contributed by atoms with Gasteiger partial charge >= 0.3 is 0 Å². The monoisotopic (exact) mass is 473 g/mol. The molecule has 0 heterocycles. The van der Waals surface area contributed by atoms with E-state index in [-0.39, 0.29) is 25.0 Å². The molecule has 2 aromatic rings. The summed E-state index contributed by atoms with van der Waals surface area (Å²) >= 11 is 0. The van der Waals surface area contributed by atoms with Crippen molar-refractivity contribution in [2.45, 2.75) is 59.7 Å². The van der Waals surface area contributed by atoms with Gasteiger partial charge < -0.3 is 10.2 Å². The molecule has 180 valence electrons. The van der Waals surface area contributed by atoms with Crippen LogP contribution in [0, 0.1) is 13.8 Å². The van der Waals surface area contributed by atoms with Gasteiger partial charge in [0.1, 0.15) is 12.6 Å². The van der Waals surface area contributed by atoms with Crippen molar-refractivity contribution in [3.8, 4) is 0 Å². The summed E-state index contributed by atoms with van der Waals surface area (Å²) < 4.78 is 26.3. The average Bonchev–Trinajstić information content (AvgIpc) is 2.71. The topological polar surface area (TPSA) is 86.8 Å². The quantitative estimate of drug-likeness (QED) is 0.573. The fourth-order valence-corrected chi connectivity index (χ4v) is 4.43. The van der Waals surface area contributed by atoms with Crippen molar-refractivity contribution in [2.24, 2.45) is 0 Å². The number of sulfonamides is 1. The molecule has 33 heavy (non-hydrogen) atoms. The number of hydrogen-bond donors (Lipinski definition) is 1. The molecule has 8 heteroatoms. The van der Waals surface area contributed by atoms with Crippen LogP contribution in [0.15, 0.2) is 48.5 Å². The minimum absolute atomic E-state index is 0.0808. The zero-order valence-corrected chi connectivity index (χ0v) is 21.1. The van der Waals surface area contributed by atoms with Crippen LogP contribution in [0.5, 0.6) is 0 Å². The molecule has 0 aliphatic heterocycles. The van der Waals surface area contributed by atoms with E-state index in [4.69, 9.17) is 0 Å². The van der Waals surface area contributed by atoms with Crippen LogP contribution >= 0.6 is 0 Å². The molecule has 1 atom stereocenters. The molecule has 2 aromatic carbocycles. The highest BCUT2D eigenvalue weighted by atomic mass is 32.2. The molecule has 2 rings (SSSR count). The van der Waals surface area contributed by atoms with Crippen LogP contribution in [0.25, 0.3) is 0 Å². The number of nitrogens with zero attached hydrogens (tertiary/aromatic N) is 2. The molecule has 0 saturated carbocycles. The van der Waals surface area contributed by atoms with Crippen molar-refractivity contribution < 1.29 is 18.0 Å². The first-order valence-electron chi connectivity index (χ1n) is 11.1. The Morgan fingerprint density at radius 2 is 1.64 bits per heavy atom. The summed E-state index contributed by atoms with van der Waals surface area (Å²) in [5, 5.41) is 2.88. The lowest BCUT2D eigenvalue weighted by atomic mass is 10.1. The number of nitrogens with one attached hydrogen (secondary N) is 1. The van der Waals surface area contributed by atoms with Gasteiger partial charge in [0.25, 0.3) is 0 Å². The van der Waals surface area contributed by atoms with Gasteiger partial charge in [0.15, 0.2) is 0 Å². The molecule has 0 unspecified atom stereocenters. The first-order chi connectivity index (χ1) is 15.4. The van der Waals surface area contributed by atoms with E-state index in [2.05, 4.69) is 5.32 Å². The molecular weight excluding hydrogens is 438 g/mol. The molecule has 2 amide bonds. The Hall–Kier alpha value is -2.87. The highest BCUT2D eigenvalue weighted by Crippen LogP contribution is 2.21. The Kier molecular flexibility index (Phi) is 9.05. The van der Waals surface area contributed by atoms with Crippen molar-refractivity contribution in [2.75, 3.05) is 17.1 Å². The third-order valence-corrected chi connectivity index (χ3v) is 6.40. The molecule has 0 spiro atoms. The Balaban J connectivity index is 2.43. The summed E-state index contributed by atoms with van der Waals surface area (Å²) in [6.45, 7) is 9.21. The first kappa shape index (κ1) is 26.4. The SMILES string of the molecule is CC[C@H](C(=O)NC(C)C)N(Cc1ccc(C)cc1)C(=O)CN(c1cccc(C)c1)S(C)(=O)=O. The van der Waals surface area contributed by atoms with Gasteiger partial charge in [-0.3, -0.25) is 13.9 Å². The molecule has 1 N–H and O–H groups in total. The molecule has 0 bridgehead atoms. The van der Waals surface area contributed by atoms with Gasteiger partial charge in [-0.15, -0.1) is 0 Å². The maximum absolute atomic E-state index is 13.6. The molecule has 0 radical (unpaired) electrons. The number of carbonyl (C=O) groups excluding carboxylic acids is 2. The van der Waals surface area contributed by atoms with E-state index >= 15 is 0 Å². The van der Waals surface area contributed by atoms with Gasteiger partial charge in [0.05, 0.1) is 11.9 Å². The van der Waals surface area contributed by atoms with Gasteiger partial charge in [0, 0.05) is 12.6 Å². The summed E-state index contributed by atoms with van der Waals surface area (Å²) in [5.41, 5.74) is 3.25. The fourth-order valence-electron chi connectivity index (χ4n) is 3.59. The maximum Gasteiger partial charge on any atom is 0.244 e. The van der Waals surface area contributed by atoms with Crippen LogP contribution in [0.4, 0.5) is 5.69 Å². The van der Waals surface area contributed by atoms with Gasteiger partial charge in [-0.1, -0.05) is 48.9 Å². The minimum Gasteiger partial charge on any atom is -0.352 e. The first-order valence-corrected chi connectivity index (χ1v) is 13.0. The normalized spacial score (nSPS) is 12.3. The van der Waals surface area contributed by atoms with Crippen molar-refractivity contribution in [3.63, 3.8) is 0 Å². The largest absolute Gasteiger partial charge is 0.352 e. The highest BCUT2D eigenvalue weighted by molar-refractivity contribution is 7.92. The van der Waals surface area contributed by atoms with Crippen LogP contribution in [0.3, 0.4) is 0 Å². The molecule has 0 aromatic heterocycles. The number of aryl methyl sites for hydroxylation is 2. The van der Waals surface area contributed by atoms with E-state index in [1.165, 1.54) is 4.90 Å². The van der Waals surface area contributed by atoms with Gasteiger partial charge in [0.2, 0.25) is 21.8 Å². The Morgan fingerprint density at radius 3 is 2.15 bits per heavy atom. The fraction of sp³-hybridized carbons (Fsp3) is 0.440. The molecule has 0 aliphatic carbocycles. The van der Waals surface area contributed by atoms with E-state index in [1.54, 1.807) is 18.2 Å². The standard InChI is InChI=1S/C25H35N3O4S/c1-7-23(25(30)26-18(2)3)27(16-21-13-11-19(4)12-14-21)24(29)17-28(33(6,31)32)22-10-8-9-20(5)15-22/h8-15,18,23H,7,16-17H2,1-6H3,(H,26,30)/t23-/m1/s1. The second-order valence-corrected chi connectivity index (χ2v) is 10.6. The van der Waals surface area contributed by atoms with Crippen LogP contribution in [-0.4, -0.2) is 50.0 Å². The van der Waals surface area contributed by atoms with Crippen LogP contribution < -0.4 is 9.62 Å². The lowest BCUT2D eigenvalue weighted by Gasteiger charge is -2.33. The van der Waals surface area contributed by atoms with Gasteiger partial charge in [-0.05, 0) is 57.4 Å². The number of carbonyl (C=O) groups is 2. The smallest absolute Gasteiger partial charge is 0.244 e. The summed E-state index contributed by atoms with van der Waals surface area (Å²) in [4.78, 5) is 28.0.